The molecule has 0 aliphatic heterocycles. The van der Waals surface area contributed by atoms with E-state index < -0.39 is 0 Å². The van der Waals surface area contributed by atoms with E-state index in [-0.39, 0.29) is 18.8 Å². The van der Waals surface area contributed by atoms with Crippen molar-refractivity contribution in [2.75, 3.05) is 0 Å². The van der Waals surface area contributed by atoms with Crippen molar-refractivity contribution in [3.05, 3.63) is 81.6 Å². The third-order valence-electron chi connectivity index (χ3n) is 3.90. The summed E-state index contributed by atoms with van der Waals surface area (Å²) < 4.78 is 6.51. The summed E-state index contributed by atoms with van der Waals surface area (Å²) in [6, 6.07) is 6.86. The molecule has 0 atom stereocenters. The molecule has 0 fully saturated rings. The largest absolute Gasteiger partial charge is 0.488 e. The van der Waals surface area contributed by atoms with Gasteiger partial charge in [-0.15, -0.1) is 0 Å². The fraction of sp³-hybridized carbons (Fsp3) is 0.150. The van der Waals surface area contributed by atoms with E-state index in [2.05, 4.69) is 30.9 Å². The second kappa shape index (κ2) is 8.64. The first-order valence-electron chi connectivity index (χ1n) is 8.18. The summed E-state index contributed by atoms with van der Waals surface area (Å²) >= 11 is 3.34. The van der Waals surface area contributed by atoms with Crippen LogP contribution in [0.25, 0.3) is 0 Å². The van der Waals surface area contributed by atoms with Gasteiger partial charge in [-0.1, -0.05) is 15.9 Å². The van der Waals surface area contributed by atoms with Crippen molar-refractivity contribution in [2.45, 2.75) is 20.0 Å². The predicted octanol–water partition coefficient (Wildman–Crippen LogP) is 3.76. The van der Waals surface area contributed by atoms with Crippen molar-refractivity contribution in [1.29, 1.82) is 0 Å². The average Bonchev–Trinajstić information content (AvgIpc) is 2.69. The minimum Gasteiger partial charge on any atom is -0.488 e. The van der Waals surface area contributed by atoms with Gasteiger partial charge in [-0.05, 0) is 36.8 Å². The maximum atomic E-state index is 12.2. The highest BCUT2D eigenvalue weighted by Crippen LogP contribution is 2.26. The van der Waals surface area contributed by atoms with E-state index in [0.717, 1.165) is 21.9 Å². The Morgan fingerprint density at radius 2 is 1.89 bits per heavy atom. The molecule has 1 aromatic carbocycles. The van der Waals surface area contributed by atoms with Crippen molar-refractivity contribution >= 4 is 28.0 Å². The van der Waals surface area contributed by atoms with Gasteiger partial charge in [0.05, 0.1) is 6.42 Å². The molecule has 2 aromatic heterocycles. The molecule has 0 unspecified atom stereocenters. The second-order valence-electron chi connectivity index (χ2n) is 5.89. The topological polar surface area (TPSA) is 82.0 Å². The van der Waals surface area contributed by atoms with Crippen LogP contribution in [0.3, 0.4) is 0 Å². The van der Waals surface area contributed by atoms with Gasteiger partial charge in [0.2, 0.25) is 0 Å². The molecule has 0 saturated heterocycles. The van der Waals surface area contributed by atoms with Gasteiger partial charge in [-0.3, -0.25) is 14.6 Å². The van der Waals surface area contributed by atoms with Crippen LogP contribution in [0, 0.1) is 6.92 Å². The molecular weight excluding hydrogens is 410 g/mol. The van der Waals surface area contributed by atoms with E-state index in [4.69, 9.17) is 4.74 Å². The number of aldehydes is 1. The number of pyridine rings is 1. The monoisotopic (exact) mass is 425 g/mol. The molecule has 0 bridgehead atoms. The molecule has 0 amide bonds. The normalized spacial score (nSPS) is 10.4. The Kier molecular flexibility index (Phi) is 6.03. The van der Waals surface area contributed by atoms with Gasteiger partial charge in [0.25, 0.3) is 0 Å². The van der Waals surface area contributed by atoms with E-state index in [9.17, 15) is 9.59 Å². The molecule has 27 heavy (non-hydrogen) atoms. The second-order valence-corrected chi connectivity index (χ2v) is 6.74. The average molecular weight is 426 g/mol. The number of ether oxygens (including phenoxy) is 1. The van der Waals surface area contributed by atoms with Gasteiger partial charge >= 0.3 is 0 Å². The van der Waals surface area contributed by atoms with E-state index in [1.165, 1.54) is 0 Å². The third kappa shape index (κ3) is 4.83. The summed E-state index contributed by atoms with van der Waals surface area (Å²) in [7, 11) is 0. The summed E-state index contributed by atoms with van der Waals surface area (Å²) in [5.41, 5.74) is 2.78. The van der Waals surface area contributed by atoms with Crippen LogP contribution in [0.15, 0.2) is 53.5 Å². The van der Waals surface area contributed by atoms with Crippen LogP contribution < -0.4 is 4.74 Å². The summed E-state index contributed by atoms with van der Waals surface area (Å²) in [5, 5.41) is 0. The maximum absolute atomic E-state index is 12.2. The molecule has 136 valence electrons. The van der Waals surface area contributed by atoms with Crippen LogP contribution >= 0.6 is 15.9 Å². The number of carbonyl (C=O) groups is 2. The standard InChI is InChI=1S/C20H16BrN3O3/c1-13-6-17(21)16(11-25)7-19(13)27-12-14-9-23-20(24-10-14)8-18(26)15-2-4-22-5-3-15/h2-7,9-11H,8,12H2,1H3. The first-order chi connectivity index (χ1) is 13.1. The molecule has 0 N–H and O–H groups in total. The number of ketones is 1. The summed E-state index contributed by atoms with van der Waals surface area (Å²) in [5.74, 6) is 1.01. The van der Waals surface area contributed by atoms with Gasteiger partial charge < -0.3 is 4.74 Å². The number of carbonyl (C=O) groups excluding carboxylic acids is 2. The Bertz CT molecular complexity index is 960. The molecule has 0 saturated carbocycles. The number of nitrogens with zero attached hydrogens (tertiary/aromatic N) is 3. The van der Waals surface area contributed by atoms with Crippen molar-refractivity contribution < 1.29 is 14.3 Å². The minimum absolute atomic E-state index is 0.0618. The number of benzene rings is 1. The number of rotatable bonds is 7. The molecule has 3 aromatic rings. The van der Waals surface area contributed by atoms with Gasteiger partial charge in [-0.25, -0.2) is 9.97 Å². The maximum Gasteiger partial charge on any atom is 0.170 e. The van der Waals surface area contributed by atoms with Gasteiger partial charge in [-0.2, -0.15) is 0 Å². The van der Waals surface area contributed by atoms with Crippen molar-refractivity contribution in [2.24, 2.45) is 0 Å². The molecule has 3 rings (SSSR count). The van der Waals surface area contributed by atoms with E-state index >= 15 is 0 Å². The lowest BCUT2D eigenvalue weighted by molar-refractivity contribution is 0.0990. The molecule has 7 heteroatoms. The Morgan fingerprint density at radius 1 is 1.19 bits per heavy atom. The summed E-state index contributed by atoms with van der Waals surface area (Å²) in [6.45, 7) is 2.17. The molecule has 6 nitrogen and oxygen atoms in total. The SMILES string of the molecule is Cc1cc(Br)c(C=O)cc1OCc1cnc(CC(=O)c2ccncc2)nc1. The number of Topliss-reactive ketones (excluding diaryl/α,β-unsaturated/α-hetero) is 1. The zero-order valence-corrected chi connectivity index (χ0v) is 16.1. The molecular formula is C20H16BrN3O3. The molecule has 0 radical (unpaired) electrons. The summed E-state index contributed by atoms with van der Waals surface area (Å²) in [6.07, 6.45) is 7.32. The van der Waals surface area contributed by atoms with E-state index in [1.54, 1.807) is 43.0 Å². The predicted molar refractivity (Wildman–Crippen MR) is 103 cm³/mol. The van der Waals surface area contributed by atoms with Crippen molar-refractivity contribution in [3.8, 4) is 5.75 Å². The Labute approximate surface area is 164 Å². The number of aromatic nitrogens is 3. The molecule has 0 spiro atoms. The highest BCUT2D eigenvalue weighted by molar-refractivity contribution is 9.10. The third-order valence-corrected chi connectivity index (χ3v) is 4.58. The molecule has 2 heterocycles. The number of halogens is 1. The Morgan fingerprint density at radius 3 is 2.56 bits per heavy atom. The molecule has 0 aliphatic carbocycles. The smallest absolute Gasteiger partial charge is 0.170 e. The van der Waals surface area contributed by atoms with Crippen molar-refractivity contribution in [3.63, 3.8) is 0 Å². The van der Waals surface area contributed by atoms with Crippen LogP contribution in [0.5, 0.6) is 5.75 Å². The lowest BCUT2D eigenvalue weighted by Crippen LogP contribution is -2.08. The molecule has 0 aliphatic rings. The number of hydrogen-bond acceptors (Lipinski definition) is 6. The zero-order valence-electron chi connectivity index (χ0n) is 14.6. The quantitative estimate of drug-likeness (QED) is 0.423. The lowest BCUT2D eigenvalue weighted by Gasteiger charge is -2.11. The Balaban J connectivity index is 1.63. The van der Waals surface area contributed by atoms with Crippen LogP contribution in [0.1, 0.15) is 37.7 Å². The van der Waals surface area contributed by atoms with Gasteiger partial charge in [0.1, 0.15) is 18.2 Å². The first kappa shape index (κ1) is 18.8. The van der Waals surface area contributed by atoms with Gasteiger partial charge in [0, 0.05) is 46.0 Å². The van der Waals surface area contributed by atoms with Crippen LogP contribution in [-0.2, 0) is 13.0 Å². The number of aryl methyl sites for hydroxylation is 1. The highest BCUT2D eigenvalue weighted by Gasteiger charge is 2.10. The number of hydrogen-bond donors (Lipinski definition) is 0. The van der Waals surface area contributed by atoms with Crippen LogP contribution in [-0.4, -0.2) is 27.0 Å². The van der Waals surface area contributed by atoms with Crippen LogP contribution in [0.2, 0.25) is 0 Å². The highest BCUT2D eigenvalue weighted by atomic mass is 79.9. The van der Waals surface area contributed by atoms with E-state index in [0.29, 0.717) is 22.7 Å². The lowest BCUT2D eigenvalue weighted by atomic mass is 10.1. The fourth-order valence-corrected chi connectivity index (χ4v) is 2.96. The fourth-order valence-electron chi connectivity index (χ4n) is 2.41. The van der Waals surface area contributed by atoms with Crippen molar-refractivity contribution in [1.82, 2.24) is 15.0 Å². The minimum atomic E-state index is -0.0618. The van der Waals surface area contributed by atoms with Crippen LogP contribution in [0.4, 0.5) is 0 Å². The zero-order chi connectivity index (χ0) is 19.2. The summed E-state index contributed by atoms with van der Waals surface area (Å²) in [4.78, 5) is 35.6. The van der Waals surface area contributed by atoms with E-state index in [1.807, 2.05) is 13.0 Å². The Hall–Kier alpha value is -2.93. The van der Waals surface area contributed by atoms with Gasteiger partial charge in [0.15, 0.2) is 12.1 Å². The first-order valence-corrected chi connectivity index (χ1v) is 8.97.